The van der Waals surface area contributed by atoms with Crippen molar-refractivity contribution in [2.75, 3.05) is 5.73 Å². The van der Waals surface area contributed by atoms with Gasteiger partial charge in [-0.05, 0) is 12.1 Å². The van der Waals surface area contributed by atoms with Gasteiger partial charge in [0.2, 0.25) is 5.88 Å². The molecular formula is C11H8FN5O2. The first-order valence-electron chi connectivity index (χ1n) is 5.29. The Bertz CT molecular complexity index is 810. The van der Waals surface area contributed by atoms with Crippen molar-refractivity contribution in [3.8, 4) is 11.6 Å². The summed E-state index contributed by atoms with van der Waals surface area (Å²) in [5, 5.41) is 6.03. The molecule has 0 spiro atoms. The second-order valence-electron chi connectivity index (χ2n) is 3.77. The highest BCUT2D eigenvalue weighted by atomic mass is 19.1. The van der Waals surface area contributed by atoms with Gasteiger partial charge in [-0.15, -0.1) is 0 Å². The molecule has 7 nitrogen and oxygen atoms in total. The van der Waals surface area contributed by atoms with Crippen LogP contribution in [0.3, 0.4) is 0 Å². The number of rotatable bonds is 2. The normalized spacial score (nSPS) is 10.8. The molecular weight excluding hydrogens is 253 g/mol. The van der Waals surface area contributed by atoms with E-state index in [1.165, 1.54) is 28.9 Å². The standard InChI is InChI=1S/C11H8FN5O2/c12-6-1-2-7(13)8(3-6)19-10-4-9-15-16-11(18)17(9)5-14-10/h1-5H,13H2,(H,16,18). The van der Waals surface area contributed by atoms with Crippen molar-refractivity contribution in [1.82, 2.24) is 19.6 Å². The van der Waals surface area contributed by atoms with E-state index < -0.39 is 11.5 Å². The topological polar surface area (TPSA) is 98.3 Å². The minimum atomic E-state index is -0.471. The number of hydrogen-bond donors (Lipinski definition) is 2. The summed E-state index contributed by atoms with van der Waals surface area (Å²) in [6.45, 7) is 0. The van der Waals surface area contributed by atoms with Crippen LogP contribution in [0.15, 0.2) is 35.4 Å². The van der Waals surface area contributed by atoms with Crippen LogP contribution in [0.1, 0.15) is 0 Å². The van der Waals surface area contributed by atoms with Gasteiger partial charge in [-0.1, -0.05) is 0 Å². The summed E-state index contributed by atoms with van der Waals surface area (Å²) < 4.78 is 19.7. The maximum atomic E-state index is 13.1. The Morgan fingerprint density at radius 2 is 2.21 bits per heavy atom. The van der Waals surface area contributed by atoms with Crippen molar-refractivity contribution in [1.29, 1.82) is 0 Å². The number of anilines is 1. The monoisotopic (exact) mass is 261 g/mol. The van der Waals surface area contributed by atoms with E-state index in [0.717, 1.165) is 6.07 Å². The van der Waals surface area contributed by atoms with Crippen molar-refractivity contribution in [2.24, 2.45) is 0 Å². The van der Waals surface area contributed by atoms with Crippen LogP contribution in [0, 0.1) is 5.82 Å². The van der Waals surface area contributed by atoms with Crippen LogP contribution >= 0.6 is 0 Å². The zero-order valence-electron chi connectivity index (χ0n) is 9.50. The number of H-pyrrole nitrogens is 1. The van der Waals surface area contributed by atoms with Gasteiger partial charge < -0.3 is 10.5 Å². The van der Waals surface area contributed by atoms with Crippen LogP contribution < -0.4 is 16.2 Å². The average molecular weight is 261 g/mol. The number of nitrogen functional groups attached to an aromatic ring is 1. The minimum Gasteiger partial charge on any atom is -0.437 e. The van der Waals surface area contributed by atoms with E-state index in [1.807, 2.05) is 0 Å². The fourth-order valence-electron chi connectivity index (χ4n) is 1.56. The van der Waals surface area contributed by atoms with Crippen molar-refractivity contribution >= 4 is 11.3 Å². The third-order valence-corrected chi connectivity index (χ3v) is 2.47. The second-order valence-corrected chi connectivity index (χ2v) is 3.77. The third kappa shape index (κ3) is 1.99. The van der Waals surface area contributed by atoms with E-state index in [9.17, 15) is 9.18 Å². The van der Waals surface area contributed by atoms with E-state index in [0.29, 0.717) is 5.65 Å². The van der Waals surface area contributed by atoms with Gasteiger partial charge in [0.05, 0.1) is 5.69 Å². The highest BCUT2D eigenvalue weighted by Crippen LogP contribution is 2.26. The summed E-state index contributed by atoms with van der Waals surface area (Å²) in [4.78, 5) is 15.2. The number of aromatic nitrogens is 4. The van der Waals surface area contributed by atoms with Crippen LogP contribution in [0.2, 0.25) is 0 Å². The molecule has 3 aromatic rings. The van der Waals surface area contributed by atoms with Crippen molar-refractivity contribution in [3.05, 3.63) is 46.9 Å². The lowest BCUT2D eigenvalue weighted by molar-refractivity contribution is 0.459. The number of halogens is 1. The molecule has 0 atom stereocenters. The van der Waals surface area contributed by atoms with Crippen molar-refractivity contribution in [2.45, 2.75) is 0 Å². The lowest BCUT2D eigenvalue weighted by Crippen LogP contribution is -2.09. The fourth-order valence-corrected chi connectivity index (χ4v) is 1.56. The van der Waals surface area contributed by atoms with E-state index in [2.05, 4.69) is 15.2 Å². The number of nitrogens with two attached hydrogens (primary N) is 1. The third-order valence-electron chi connectivity index (χ3n) is 2.47. The molecule has 0 amide bonds. The molecule has 0 saturated carbocycles. The molecule has 3 rings (SSSR count). The van der Waals surface area contributed by atoms with Gasteiger partial charge >= 0.3 is 5.69 Å². The molecule has 0 saturated heterocycles. The number of nitrogens with zero attached hydrogens (tertiary/aromatic N) is 3. The van der Waals surface area contributed by atoms with Crippen LogP contribution in [-0.2, 0) is 0 Å². The van der Waals surface area contributed by atoms with E-state index in [-0.39, 0.29) is 17.3 Å². The minimum absolute atomic E-state index is 0.148. The summed E-state index contributed by atoms with van der Waals surface area (Å²) in [5.41, 5.74) is 5.87. The van der Waals surface area contributed by atoms with Gasteiger partial charge in [0.15, 0.2) is 11.4 Å². The Balaban J connectivity index is 2.01. The Hall–Kier alpha value is -2.90. The SMILES string of the molecule is Nc1ccc(F)cc1Oc1cc2n[nH]c(=O)n2cn1. The van der Waals surface area contributed by atoms with Crippen molar-refractivity contribution < 1.29 is 9.13 Å². The average Bonchev–Trinajstić information content (AvgIpc) is 2.75. The smallest absolute Gasteiger partial charge is 0.348 e. The molecule has 2 heterocycles. The summed E-state index contributed by atoms with van der Waals surface area (Å²) in [7, 11) is 0. The number of aromatic amines is 1. The maximum Gasteiger partial charge on any atom is 0.348 e. The molecule has 8 heteroatoms. The Morgan fingerprint density at radius 3 is 3.05 bits per heavy atom. The van der Waals surface area contributed by atoms with Crippen LogP contribution in [0.25, 0.3) is 5.65 Å². The molecule has 0 aliphatic heterocycles. The van der Waals surface area contributed by atoms with Crippen LogP contribution in [0.4, 0.5) is 10.1 Å². The molecule has 0 radical (unpaired) electrons. The first-order chi connectivity index (χ1) is 9.13. The Kier molecular flexibility index (Phi) is 2.41. The number of ether oxygens (including phenoxy) is 1. The van der Waals surface area contributed by atoms with Gasteiger partial charge in [-0.3, -0.25) is 0 Å². The molecule has 19 heavy (non-hydrogen) atoms. The molecule has 0 aliphatic rings. The molecule has 1 aromatic carbocycles. The molecule has 0 fully saturated rings. The van der Waals surface area contributed by atoms with Gasteiger partial charge in [0.25, 0.3) is 0 Å². The zero-order valence-corrected chi connectivity index (χ0v) is 9.50. The quantitative estimate of drug-likeness (QED) is 0.669. The number of fused-ring (bicyclic) bond motifs is 1. The van der Waals surface area contributed by atoms with E-state index >= 15 is 0 Å². The summed E-state index contributed by atoms with van der Waals surface area (Å²) in [5.74, 6) is -0.167. The van der Waals surface area contributed by atoms with Crippen LogP contribution in [0.5, 0.6) is 11.6 Å². The first kappa shape index (κ1) is 11.2. The Morgan fingerprint density at radius 1 is 1.37 bits per heavy atom. The van der Waals surface area contributed by atoms with Crippen LogP contribution in [-0.4, -0.2) is 19.6 Å². The molecule has 3 N–H and O–H groups in total. The highest BCUT2D eigenvalue weighted by Gasteiger charge is 2.07. The zero-order chi connectivity index (χ0) is 13.4. The van der Waals surface area contributed by atoms with Gasteiger partial charge in [-0.2, -0.15) is 5.10 Å². The number of nitrogens with one attached hydrogen (secondary N) is 1. The van der Waals surface area contributed by atoms with Gasteiger partial charge in [0.1, 0.15) is 12.1 Å². The molecule has 0 aliphatic carbocycles. The molecule has 0 bridgehead atoms. The summed E-state index contributed by atoms with van der Waals surface area (Å²) in [6, 6.07) is 5.20. The van der Waals surface area contributed by atoms with Gasteiger partial charge in [0, 0.05) is 12.1 Å². The predicted molar refractivity (Wildman–Crippen MR) is 64.5 cm³/mol. The molecule has 96 valence electrons. The molecule has 0 unspecified atom stereocenters. The lowest BCUT2D eigenvalue weighted by atomic mass is 10.3. The molecule has 2 aromatic heterocycles. The number of benzene rings is 1. The highest BCUT2D eigenvalue weighted by molar-refractivity contribution is 5.54. The van der Waals surface area contributed by atoms with Gasteiger partial charge in [-0.25, -0.2) is 23.7 Å². The first-order valence-corrected chi connectivity index (χ1v) is 5.29. The number of hydrogen-bond acceptors (Lipinski definition) is 5. The lowest BCUT2D eigenvalue weighted by Gasteiger charge is -2.07. The Labute approximate surface area is 105 Å². The predicted octanol–water partition coefficient (Wildman–Crippen LogP) is 0.931. The summed E-state index contributed by atoms with van der Waals surface area (Å²) in [6.07, 6.45) is 1.26. The second kappa shape index (κ2) is 4.09. The fraction of sp³-hybridized carbons (Fsp3) is 0. The maximum absolute atomic E-state index is 13.1. The largest absolute Gasteiger partial charge is 0.437 e. The van der Waals surface area contributed by atoms with Crippen molar-refractivity contribution in [3.63, 3.8) is 0 Å². The van der Waals surface area contributed by atoms with E-state index in [1.54, 1.807) is 0 Å². The van der Waals surface area contributed by atoms with E-state index in [4.69, 9.17) is 10.5 Å². The summed E-state index contributed by atoms with van der Waals surface area (Å²) >= 11 is 0.